The number of aliphatic carboxylic acids is 1. The van der Waals surface area contributed by atoms with Gasteiger partial charge in [0.15, 0.2) is 17.6 Å². The van der Waals surface area contributed by atoms with E-state index in [9.17, 15) is 9.59 Å². The number of carbonyl (C=O) groups is 2. The van der Waals surface area contributed by atoms with Crippen molar-refractivity contribution in [2.45, 2.75) is 6.10 Å². The monoisotopic (exact) mass is 279 g/mol. The Balaban J connectivity index is 1.82. The van der Waals surface area contributed by atoms with Gasteiger partial charge in [-0.3, -0.25) is 4.79 Å². The second-order valence-electron chi connectivity index (χ2n) is 4.49. The summed E-state index contributed by atoms with van der Waals surface area (Å²) < 4.78 is 15.6. The minimum absolute atomic E-state index is 0.0265. The van der Waals surface area contributed by atoms with Crippen molar-refractivity contribution < 1.29 is 28.9 Å². The SMILES string of the molecule is O=C(O)[C@@H]1CN(C(=O)c2cccc3c2OCO3)CCO1. The molecule has 1 atom stereocenters. The molecule has 1 saturated heterocycles. The molecule has 7 nitrogen and oxygen atoms in total. The molecule has 1 amide bonds. The van der Waals surface area contributed by atoms with Crippen LogP contribution in [-0.2, 0) is 9.53 Å². The number of ether oxygens (including phenoxy) is 3. The van der Waals surface area contributed by atoms with Crippen LogP contribution in [0.25, 0.3) is 0 Å². The number of hydrogen-bond acceptors (Lipinski definition) is 5. The first-order chi connectivity index (χ1) is 9.66. The Morgan fingerprint density at radius 1 is 1.30 bits per heavy atom. The van der Waals surface area contributed by atoms with Crippen molar-refractivity contribution in [1.29, 1.82) is 0 Å². The van der Waals surface area contributed by atoms with Gasteiger partial charge in [-0.2, -0.15) is 0 Å². The number of rotatable bonds is 2. The van der Waals surface area contributed by atoms with Crippen LogP contribution in [0.15, 0.2) is 18.2 Å². The Morgan fingerprint density at radius 3 is 2.95 bits per heavy atom. The number of nitrogens with zero attached hydrogens (tertiary/aromatic N) is 1. The molecule has 7 heteroatoms. The van der Waals surface area contributed by atoms with Gasteiger partial charge in [-0.15, -0.1) is 0 Å². The molecule has 3 rings (SSSR count). The summed E-state index contributed by atoms with van der Waals surface area (Å²) >= 11 is 0. The van der Waals surface area contributed by atoms with Gasteiger partial charge in [0.2, 0.25) is 6.79 Å². The Bertz CT molecular complexity index is 558. The van der Waals surface area contributed by atoms with Gasteiger partial charge in [-0.25, -0.2) is 4.79 Å². The van der Waals surface area contributed by atoms with Crippen LogP contribution in [0.3, 0.4) is 0 Å². The lowest BCUT2D eigenvalue weighted by Crippen LogP contribution is -2.48. The number of carboxylic acids is 1. The maximum atomic E-state index is 12.5. The van der Waals surface area contributed by atoms with Crippen molar-refractivity contribution in [3.63, 3.8) is 0 Å². The maximum absolute atomic E-state index is 12.5. The highest BCUT2D eigenvalue weighted by atomic mass is 16.7. The fourth-order valence-electron chi connectivity index (χ4n) is 2.25. The third-order valence-electron chi connectivity index (χ3n) is 3.26. The number of hydrogen-bond donors (Lipinski definition) is 1. The van der Waals surface area contributed by atoms with Gasteiger partial charge in [0.1, 0.15) is 0 Å². The summed E-state index contributed by atoms with van der Waals surface area (Å²) in [5, 5.41) is 8.96. The molecule has 2 heterocycles. The quantitative estimate of drug-likeness (QED) is 0.840. The van der Waals surface area contributed by atoms with Crippen LogP contribution in [0.1, 0.15) is 10.4 Å². The first-order valence-electron chi connectivity index (χ1n) is 6.19. The van der Waals surface area contributed by atoms with E-state index >= 15 is 0 Å². The molecule has 1 aromatic carbocycles. The van der Waals surface area contributed by atoms with Crippen LogP contribution in [0, 0.1) is 0 Å². The second-order valence-corrected chi connectivity index (χ2v) is 4.49. The fraction of sp³-hybridized carbons (Fsp3) is 0.385. The van der Waals surface area contributed by atoms with Crippen LogP contribution >= 0.6 is 0 Å². The van der Waals surface area contributed by atoms with Crippen LogP contribution in [0.2, 0.25) is 0 Å². The average Bonchev–Trinajstić information content (AvgIpc) is 2.95. The van der Waals surface area contributed by atoms with Crippen molar-refractivity contribution in [2.75, 3.05) is 26.5 Å². The van der Waals surface area contributed by atoms with Crippen molar-refractivity contribution in [2.24, 2.45) is 0 Å². The Morgan fingerprint density at radius 2 is 2.15 bits per heavy atom. The van der Waals surface area contributed by atoms with Crippen molar-refractivity contribution in [3.05, 3.63) is 23.8 Å². The van der Waals surface area contributed by atoms with E-state index in [4.69, 9.17) is 19.3 Å². The number of carbonyl (C=O) groups excluding carboxylic acids is 1. The lowest BCUT2D eigenvalue weighted by molar-refractivity contribution is -0.154. The number of fused-ring (bicyclic) bond motifs is 1. The van der Waals surface area contributed by atoms with Crippen LogP contribution < -0.4 is 9.47 Å². The van der Waals surface area contributed by atoms with Crippen molar-refractivity contribution >= 4 is 11.9 Å². The Hall–Kier alpha value is -2.28. The van der Waals surface area contributed by atoms with Crippen molar-refractivity contribution in [3.8, 4) is 11.5 Å². The third kappa shape index (κ3) is 2.16. The smallest absolute Gasteiger partial charge is 0.334 e. The van der Waals surface area contributed by atoms with E-state index in [0.29, 0.717) is 23.6 Å². The molecular weight excluding hydrogens is 266 g/mol. The first kappa shape index (κ1) is 12.7. The highest BCUT2D eigenvalue weighted by Crippen LogP contribution is 2.36. The predicted molar refractivity (Wildman–Crippen MR) is 65.8 cm³/mol. The number of carboxylic acid groups (broad SMARTS) is 1. The van der Waals surface area contributed by atoms with Gasteiger partial charge in [0.05, 0.1) is 18.7 Å². The highest BCUT2D eigenvalue weighted by Gasteiger charge is 2.32. The molecule has 2 aliphatic heterocycles. The third-order valence-corrected chi connectivity index (χ3v) is 3.26. The molecule has 1 N–H and O–H groups in total. The van der Waals surface area contributed by atoms with E-state index in [1.807, 2.05) is 0 Å². The molecule has 1 fully saturated rings. The van der Waals surface area contributed by atoms with Crippen molar-refractivity contribution in [1.82, 2.24) is 4.90 Å². The molecule has 0 aliphatic carbocycles. The summed E-state index contributed by atoms with van der Waals surface area (Å²) in [6.07, 6.45) is -0.985. The molecule has 0 spiro atoms. The standard InChI is InChI=1S/C13H13NO6/c15-12(14-4-5-18-10(6-14)13(16)17)8-2-1-3-9-11(8)20-7-19-9/h1-3,10H,4-7H2,(H,16,17)/t10-/m0/s1. The lowest BCUT2D eigenvalue weighted by Gasteiger charge is -2.31. The summed E-state index contributed by atoms with van der Waals surface area (Å²) in [6.45, 7) is 0.668. The molecule has 106 valence electrons. The van der Waals surface area contributed by atoms with Crippen LogP contribution in [-0.4, -0.2) is 54.5 Å². The summed E-state index contributed by atoms with van der Waals surface area (Å²) in [5.74, 6) is -0.406. The van der Waals surface area contributed by atoms with Gasteiger partial charge in [0, 0.05) is 6.54 Å². The van der Waals surface area contributed by atoms with E-state index in [1.54, 1.807) is 18.2 Å². The molecule has 20 heavy (non-hydrogen) atoms. The number of para-hydroxylation sites is 1. The number of benzene rings is 1. The van der Waals surface area contributed by atoms with Crippen LogP contribution in [0.4, 0.5) is 0 Å². The summed E-state index contributed by atoms with van der Waals surface area (Å²) in [6, 6.07) is 5.06. The topological polar surface area (TPSA) is 85.3 Å². The molecule has 2 aliphatic rings. The average molecular weight is 279 g/mol. The largest absolute Gasteiger partial charge is 0.479 e. The zero-order valence-corrected chi connectivity index (χ0v) is 10.6. The number of morpholine rings is 1. The minimum Gasteiger partial charge on any atom is -0.479 e. The second kappa shape index (κ2) is 5.01. The molecular formula is C13H13NO6. The highest BCUT2D eigenvalue weighted by molar-refractivity contribution is 5.98. The van der Waals surface area contributed by atoms with Crippen LogP contribution in [0.5, 0.6) is 11.5 Å². The van der Waals surface area contributed by atoms with Gasteiger partial charge in [0.25, 0.3) is 5.91 Å². The predicted octanol–water partition coefficient (Wildman–Crippen LogP) is 0.341. The van der Waals surface area contributed by atoms with Gasteiger partial charge >= 0.3 is 5.97 Å². The van der Waals surface area contributed by atoms with E-state index in [1.165, 1.54) is 4.90 Å². The van der Waals surface area contributed by atoms with Gasteiger partial charge in [-0.05, 0) is 12.1 Å². The zero-order valence-electron chi connectivity index (χ0n) is 10.6. The normalized spacial score (nSPS) is 20.8. The van der Waals surface area contributed by atoms with E-state index in [2.05, 4.69) is 0 Å². The minimum atomic E-state index is -1.07. The molecule has 0 aromatic heterocycles. The Labute approximate surface area is 114 Å². The summed E-state index contributed by atoms with van der Waals surface area (Å²) in [4.78, 5) is 24.9. The van der Waals surface area contributed by atoms with E-state index in [-0.39, 0.29) is 25.9 Å². The van der Waals surface area contributed by atoms with E-state index < -0.39 is 12.1 Å². The fourth-order valence-corrected chi connectivity index (χ4v) is 2.25. The summed E-state index contributed by atoms with van der Waals surface area (Å²) in [7, 11) is 0. The van der Waals surface area contributed by atoms with Gasteiger partial charge in [-0.1, -0.05) is 6.07 Å². The molecule has 1 aromatic rings. The lowest BCUT2D eigenvalue weighted by atomic mass is 10.1. The first-order valence-corrected chi connectivity index (χ1v) is 6.19. The molecule has 0 radical (unpaired) electrons. The maximum Gasteiger partial charge on any atom is 0.334 e. The van der Waals surface area contributed by atoms with Gasteiger partial charge < -0.3 is 24.2 Å². The summed E-state index contributed by atoms with van der Waals surface area (Å²) in [5.41, 5.74) is 0.381. The molecule has 0 unspecified atom stereocenters. The van der Waals surface area contributed by atoms with E-state index in [0.717, 1.165) is 0 Å². The molecule has 0 bridgehead atoms. The Kier molecular flexibility index (Phi) is 3.19. The number of amides is 1. The zero-order chi connectivity index (χ0) is 14.1. The molecule has 0 saturated carbocycles.